The molecule has 0 amide bonds. The summed E-state index contributed by atoms with van der Waals surface area (Å²) < 4.78 is 25.0. The molecule has 1 nitrogen and oxygen atoms in total. The van der Waals surface area contributed by atoms with Crippen molar-refractivity contribution in [2.75, 3.05) is 0 Å². The normalized spacial score (nSPS) is 10.8. The van der Waals surface area contributed by atoms with E-state index in [1.54, 1.807) is 13.0 Å². The van der Waals surface area contributed by atoms with Gasteiger partial charge in [-0.05, 0) is 35.6 Å². The lowest BCUT2D eigenvalue weighted by atomic mass is 10.2. The maximum absolute atomic E-state index is 12.3. The fourth-order valence-corrected chi connectivity index (χ4v) is 2.22. The van der Waals surface area contributed by atoms with Crippen molar-refractivity contribution in [3.63, 3.8) is 0 Å². The average Bonchev–Trinajstić information content (AvgIpc) is 1.82. The van der Waals surface area contributed by atoms with E-state index in [2.05, 4.69) is 4.98 Å². The molecular formula is C7H5ClF2IN. The van der Waals surface area contributed by atoms with Crippen molar-refractivity contribution in [2.45, 2.75) is 13.3 Å². The largest absolute Gasteiger partial charge is 0.267 e. The van der Waals surface area contributed by atoms with Gasteiger partial charge in [0.05, 0.1) is 5.56 Å². The molecule has 0 saturated heterocycles. The topological polar surface area (TPSA) is 12.9 Å². The molecule has 0 N–H and O–H groups in total. The molecule has 5 heteroatoms. The van der Waals surface area contributed by atoms with Crippen LogP contribution in [0.5, 0.6) is 0 Å². The highest BCUT2D eigenvalue weighted by molar-refractivity contribution is 14.1. The molecule has 0 atom stereocenters. The van der Waals surface area contributed by atoms with Crippen molar-refractivity contribution in [3.8, 4) is 0 Å². The average molecular weight is 303 g/mol. The van der Waals surface area contributed by atoms with Crippen molar-refractivity contribution < 1.29 is 8.78 Å². The number of aryl methyl sites for hydroxylation is 1. The van der Waals surface area contributed by atoms with Crippen molar-refractivity contribution >= 4 is 34.2 Å². The van der Waals surface area contributed by atoms with E-state index in [-0.39, 0.29) is 10.7 Å². The van der Waals surface area contributed by atoms with Gasteiger partial charge in [-0.2, -0.15) is 0 Å². The van der Waals surface area contributed by atoms with Gasteiger partial charge in [-0.25, -0.2) is 13.8 Å². The summed E-state index contributed by atoms with van der Waals surface area (Å²) in [5.41, 5.74) is 0.469. The summed E-state index contributed by atoms with van der Waals surface area (Å²) in [5, 5.41) is -0.102. The second-order valence-electron chi connectivity index (χ2n) is 2.25. The lowest BCUT2D eigenvalue weighted by molar-refractivity contribution is 0.150. The summed E-state index contributed by atoms with van der Waals surface area (Å²) in [6.07, 6.45) is -2.56. The van der Waals surface area contributed by atoms with Crippen LogP contribution in [0, 0.1) is 10.5 Å². The van der Waals surface area contributed by atoms with E-state index in [1.807, 2.05) is 22.6 Å². The fraction of sp³-hybridized carbons (Fsp3) is 0.286. The Kier molecular flexibility index (Phi) is 3.22. The summed E-state index contributed by atoms with van der Waals surface area (Å²) in [4.78, 5) is 3.74. The third kappa shape index (κ3) is 2.04. The van der Waals surface area contributed by atoms with Gasteiger partial charge >= 0.3 is 0 Å². The van der Waals surface area contributed by atoms with Gasteiger partial charge in [0, 0.05) is 9.26 Å². The van der Waals surface area contributed by atoms with Crippen molar-refractivity contribution in [2.24, 2.45) is 0 Å². The quantitative estimate of drug-likeness (QED) is 0.571. The van der Waals surface area contributed by atoms with Gasteiger partial charge in [0.2, 0.25) is 0 Å². The minimum Gasteiger partial charge on any atom is -0.241 e. The molecule has 0 spiro atoms. The molecule has 0 aliphatic rings. The Labute approximate surface area is 87.3 Å². The van der Waals surface area contributed by atoms with E-state index >= 15 is 0 Å². The maximum Gasteiger partial charge on any atom is 0.267 e. The van der Waals surface area contributed by atoms with Gasteiger partial charge in [0.15, 0.2) is 0 Å². The van der Waals surface area contributed by atoms with E-state index in [1.165, 1.54) is 0 Å². The Hall–Kier alpha value is 0.0300. The molecule has 0 fully saturated rings. The molecular weight excluding hydrogens is 298 g/mol. The second kappa shape index (κ2) is 3.83. The monoisotopic (exact) mass is 303 g/mol. The number of nitrogens with zero attached hydrogens (tertiary/aromatic N) is 1. The zero-order valence-corrected chi connectivity index (χ0v) is 9.03. The van der Waals surface area contributed by atoms with Crippen LogP contribution in [0.4, 0.5) is 8.78 Å². The van der Waals surface area contributed by atoms with E-state index in [9.17, 15) is 8.78 Å². The fourth-order valence-electron chi connectivity index (χ4n) is 0.801. The van der Waals surface area contributed by atoms with Gasteiger partial charge in [-0.3, -0.25) is 0 Å². The van der Waals surface area contributed by atoms with Crippen molar-refractivity contribution in [3.05, 3.63) is 26.0 Å². The van der Waals surface area contributed by atoms with E-state index in [0.29, 0.717) is 9.26 Å². The number of alkyl halides is 2. The molecule has 0 aromatic carbocycles. The first-order valence-electron chi connectivity index (χ1n) is 3.13. The number of aromatic nitrogens is 1. The first-order chi connectivity index (χ1) is 5.52. The third-order valence-electron chi connectivity index (χ3n) is 1.31. The van der Waals surface area contributed by atoms with Gasteiger partial charge in [0.25, 0.3) is 6.43 Å². The van der Waals surface area contributed by atoms with Crippen LogP contribution < -0.4 is 0 Å². The maximum atomic E-state index is 12.3. The number of halogens is 4. The molecule has 1 rings (SSSR count). The molecule has 0 aliphatic carbocycles. The molecule has 0 unspecified atom stereocenters. The number of rotatable bonds is 1. The standard InChI is InChI=1S/C7H5ClF2IN/c1-3-2-4(11)5(7(9)10)6(8)12-3/h2,7H,1H3. The van der Waals surface area contributed by atoms with Crippen LogP contribution in [-0.4, -0.2) is 4.98 Å². The van der Waals surface area contributed by atoms with Crippen LogP contribution in [0.2, 0.25) is 5.15 Å². The predicted molar refractivity (Wildman–Crippen MR) is 51.7 cm³/mol. The van der Waals surface area contributed by atoms with Gasteiger partial charge in [0.1, 0.15) is 5.15 Å². The number of pyridine rings is 1. The van der Waals surface area contributed by atoms with Gasteiger partial charge in [-0.1, -0.05) is 11.6 Å². The molecule has 12 heavy (non-hydrogen) atoms. The Balaban J connectivity index is 3.28. The van der Waals surface area contributed by atoms with Gasteiger partial charge in [-0.15, -0.1) is 0 Å². The molecule has 0 radical (unpaired) electrons. The summed E-state index contributed by atoms with van der Waals surface area (Å²) >= 11 is 7.36. The van der Waals surface area contributed by atoms with Crippen molar-refractivity contribution in [1.29, 1.82) is 0 Å². The molecule has 0 saturated carbocycles. The number of hydrogen-bond donors (Lipinski definition) is 0. The number of hydrogen-bond acceptors (Lipinski definition) is 1. The Morgan fingerprint density at radius 1 is 1.58 bits per heavy atom. The molecule has 1 aromatic heterocycles. The minimum absolute atomic E-state index is 0.102. The van der Waals surface area contributed by atoms with E-state index in [4.69, 9.17) is 11.6 Å². The lowest BCUT2D eigenvalue weighted by Crippen LogP contribution is -1.95. The minimum atomic E-state index is -2.56. The summed E-state index contributed by atoms with van der Waals surface area (Å²) in [6, 6.07) is 1.58. The first-order valence-corrected chi connectivity index (χ1v) is 4.58. The van der Waals surface area contributed by atoms with Crippen LogP contribution in [0.1, 0.15) is 17.7 Å². The summed E-state index contributed by atoms with van der Waals surface area (Å²) in [7, 11) is 0. The zero-order valence-electron chi connectivity index (χ0n) is 6.11. The van der Waals surface area contributed by atoms with Crippen LogP contribution in [0.3, 0.4) is 0 Å². The molecule has 1 aromatic rings. The highest BCUT2D eigenvalue weighted by atomic mass is 127. The summed E-state index contributed by atoms with van der Waals surface area (Å²) in [6.45, 7) is 1.71. The zero-order chi connectivity index (χ0) is 9.30. The van der Waals surface area contributed by atoms with E-state index < -0.39 is 6.43 Å². The molecule has 1 heterocycles. The van der Waals surface area contributed by atoms with Crippen LogP contribution >= 0.6 is 34.2 Å². The molecule has 0 aliphatic heterocycles. The second-order valence-corrected chi connectivity index (χ2v) is 3.77. The van der Waals surface area contributed by atoms with Gasteiger partial charge < -0.3 is 0 Å². The highest BCUT2D eigenvalue weighted by Gasteiger charge is 2.17. The van der Waals surface area contributed by atoms with E-state index in [0.717, 1.165) is 0 Å². The summed E-state index contributed by atoms with van der Waals surface area (Å²) in [5.74, 6) is 0. The van der Waals surface area contributed by atoms with Crippen LogP contribution in [-0.2, 0) is 0 Å². The Morgan fingerprint density at radius 3 is 2.58 bits per heavy atom. The predicted octanol–water partition coefficient (Wildman–Crippen LogP) is 3.59. The first kappa shape index (κ1) is 10.1. The molecule has 66 valence electrons. The Morgan fingerprint density at radius 2 is 2.17 bits per heavy atom. The SMILES string of the molecule is Cc1cc(I)c(C(F)F)c(Cl)n1. The molecule has 0 bridgehead atoms. The lowest BCUT2D eigenvalue weighted by Gasteiger charge is -2.05. The van der Waals surface area contributed by atoms with Crippen molar-refractivity contribution in [1.82, 2.24) is 4.98 Å². The Bertz CT molecular complexity index is 280. The smallest absolute Gasteiger partial charge is 0.241 e. The third-order valence-corrected chi connectivity index (χ3v) is 2.49. The highest BCUT2D eigenvalue weighted by Crippen LogP contribution is 2.30. The van der Waals surface area contributed by atoms with Crippen LogP contribution in [0.15, 0.2) is 6.07 Å². The van der Waals surface area contributed by atoms with Crippen LogP contribution in [0.25, 0.3) is 0 Å².